The van der Waals surface area contributed by atoms with Crippen molar-refractivity contribution >= 4 is 30.2 Å². The molecule has 4 rings (SSSR count). The Bertz CT molecular complexity index is 1030. The Hall–Kier alpha value is -2.95. The molecule has 0 radical (unpaired) electrons. The Morgan fingerprint density at radius 2 is 1.34 bits per heavy atom. The van der Waals surface area contributed by atoms with Crippen molar-refractivity contribution < 1.29 is 14.0 Å². The van der Waals surface area contributed by atoms with Gasteiger partial charge in [0.15, 0.2) is 5.78 Å². The van der Waals surface area contributed by atoms with Crippen molar-refractivity contribution in [2.45, 2.75) is 38.3 Å². The Labute approximate surface area is 191 Å². The molecule has 1 aliphatic heterocycles. The quantitative estimate of drug-likeness (QED) is 0.506. The summed E-state index contributed by atoms with van der Waals surface area (Å²) in [6.45, 7) is 7.12. The van der Waals surface area contributed by atoms with Gasteiger partial charge in [-0.3, -0.25) is 4.79 Å². The molecule has 0 saturated carbocycles. The van der Waals surface area contributed by atoms with Gasteiger partial charge in [0.2, 0.25) is 0 Å². The van der Waals surface area contributed by atoms with E-state index in [1.165, 1.54) is 10.4 Å². The lowest BCUT2D eigenvalue weighted by molar-refractivity contribution is -0.118. The maximum absolute atomic E-state index is 12.5. The Morgan fingerprint density at radius 3 is 1.84 bits per heavy atom. The van der Waals surface area contributed by atoms with E-state index in [1.54, 1.807) is 6.08 Å². The number of benzene rings is 3. The van der Waals surface area contributed by atoms with Gasteiger partial charge in [0.1, 0.15) is 11.9 Å². The van der Waals surface area contributed by atoms with Gasteiger partial charge in [-0.25, -0.2) is 0 Å². The van der Waals surface area contributed by atoms with E-state index in [9.17, 15) is 4.79 Å². The Kier molecular flexibility index (Phi) is 6.44. The number of rotatable bonds is 6. The van der Waals surface area contributed by atoms with Crippen LogP contribution in [-0.2, 0) is 14.0 Å². The minimum absolute atomic E-state index is 0.0751. The van der Waals surface area contributed by atoms with Gasteiger partial charge in [-0.2, -0.15) is 0 Å². The summed E-state index contributed by atoms with van der Waals surface area (Å²) < 4.78 is 13.2. The second kappa shape index (κ2) is 9.27. The van der Waals surface area contributed by atoms with E-state index in [1.807, 2.05) is 42.5 Å². The highest BCUT2D eigenvalue weighted by Crippen LogP contribution is 2.37. The van der Waals surface area contributed by atoms with Crippen molar-refractivity contribution in [1.82, 2.24) is 0 Å². The first kappa shape index (κ1) is 22.2. The van der Waals surface area contributed by atoms with E-state index in [-0.39, 0.29) is 16.9 Å². The van der Waals surface area contributed by atoms with Crippen molar-refractivity contribution in [2.24, 2.45) is 0 Å². The van der Waals surface area contributed by atoms with Crippen LogP contribution in [0.3, 0.4) is 0 Å². The molecular weight excluding hydrogens is 412 g/mol. The predicted molar refractivity (Wildman–Crippen MR) is 132 cm³/mol. The molecule has 0 saturated heterocycles. The van der Waals surface area contributed by atoms with Crippen molar-refractivity contribution in [1.29, 1.82) is 0 Å². The number of carbonyl (C=O) groups is 1. The van der Waals surface area contributed by atoms with Crippen LogP contribution in [0.15, 0.2) is 97.1 Å². The third-order valence-electron chi connectivity index (χ3n) is 5.98. The second-order valence-electron chi connectivity index (χ2n) is 9.26. The fourth-order valence-corrected chi connectivity index (χ4v) is 9.10. The first-order valence-corrected chi connectivity index (χ1v) is 13.0. The average Bonchev–Trinajstić information content (AvgIpc) is 2.80. The van der Waals surface area contributed by atoms with Gasteiger partial charge < -0.3 is 9.16 Å². The molecule has 4 heteroatoms. The van der Waals surface area contributed by atoms with Crippen LogP contribution >= 0.6 is 0 Å². The first-order valence-electron chi connectivity index (χ1n) is 11.1. The predicted octanol–water partition coefficient (Wildman–Crippen LogP) is 4.96. The minimum Gasteiger partial charge on any atom is -0.487 e. The van der Waals surface area contributed by atoms with Crippen LogP contribution in [0, 0.1) is 0 Å². The van der Waals surface area contributed by atoms with Crippen molar-refractivity contribution in [3.8, 4) is 0 Å². The van der Waals surface area contributed by atoms with Gasteiger partial charge in [0.25, 0.3) is 8.32 Å². The van der Waals surface area contributed by atoms with Crippen molar-refractivity contribution in [3.05, 3.63) is 103 Å². The minimum atomic E-state index is -2.67. The third kappa shape index (κ3) is 4.47. The summed E-state index contributed by atoms with van der Waals surface area (Å²) in [6, 6.07) is 30.9. The SMILES string of the molecule is CC(C)(C)[Si](OC[C@@H]1CC(=O)C=C(c2ccccc2)O1)(c1ccccc1)c1ccccc1. The summed E-state index contributed by atoms with van der Waals surface area (Å²) in [5.74, 6) is 0.698. The van der Waals surface area contributed by atoms with Gasteiger partial charge in [0.05, 0.1) is 6.61 Å². The van der Waals surface area contributed by atoms with Crippen LogP contribution in [0.5, 0.6) is 0 Å². The van der Waals surface area contributed by atoms with Crippen LogP contribution in [0.2, 0.25) is 5.04 Å². The van der Waals surface area contributed by atoms with Crippen LogP contribution in [0.1, 0.15) is 32.8 Å². The summed E-state index contributed by atoms with van der Waals surface area (Å²) in [5.41, 5.74) is 0.913. The van der Waals surface area contributed by atoms with Gasteiger partial charge in [-0.1, -0.05) is 112 Å². The lowest BCUT2D eigenvalue weighted by Gasteiger charge is -2.43. The normalized spacial score (nSPS) is 16.9. The fourth-order valence-electron chi connectivity index (χ4n) is 4.51. The molecule has 0 amide bonds. The highest BCUT2D eigenvalue weighted by atomic mass is 28.4. The molecule has 164 valence electrons. The molecule has 0 N–H and O–H groups in total. The van der Waals surface area contributed by atoms with E-state index >= 15 is 0 Å². The van der Waals surface area contributed by atoms with Crippen LogP contribution in [0.4, 0.5) is 0 Å². The zero-order valence-electron chi connectivity index (χ0n) is 19.0. The van der Waals surface area contributed by atoms with Crippen LogP contribution in [-0.4, -0.2) is 26.8 Å². The molecule has 0 fully saturated rings. The Morgan fingerprint density at radius 1 is 0.844 bits per heavy atom. The highest BCUT2D eigenvalue weighted by Gasteiger charge is 2.50. The molecule has 3 nitrogen and oxygen atoms in total. The molecule has 1 aliphatic rings. The van der Waals surface area contributed by atoms with E-state index in [2.05, 4.69) is 69.3 Å². The van der Waals surface area contributed by atoms with E-state index in [0.29, 0.717) is 18.8 Å². The van der Waals surface area contributed by atoms with Crippen LogP contribution < -0.4 is 10.4 Å². The van der Waals surface area contributed by atoms with Crippen molar-refractivity contribution in [2.75, 3.05) is 6.61 Å². The molecule has 32 heavy (non-hydrogen) atoms. The summed E-state index contributed by atoms with van der Waals surface area (Å²) in [7, 11) is -2.67. The summed E-state index contributed by atoms with van der Waals surface area (Å²) >= 11 is 0. The molecule has 1 heterocycles. The molecule has 3 aromatic carbocycles. The zero-order chi connectivity index (χ0) is 22.6. The maximum Gasteiger partial charge on any atom is 0.261 e. The monoisotopic (exact) mass is 442 g/mol. The molecule has 0 unspecified atom stereocenters. The molecular formula is C28H30O3Si. The van der Waals surface area contributed by atoms with Gasteiger partial charge in [0, 0.05) is 18.1 Å². The number of carbonyl (C=O) groups excluding carboxylic acids is 1. The van der Waals surface area contributed by atoms with E-state index in [4.69, 9.17) is 9.16 Å². The molecule has 0 bridgehead atoms. The second-order valence-corrected chi connectivity index (χ2v) is 13.6. The Balaban J connectivity index is 1.67. The summed E-state index contributed by atoms with van der Waals surface area (Å²) in [5, 5.41) is 2.33. The number of allylic oxidation sites excluding steroid dienone is 1. The average molecular weight is 443 g/mol. The topological polar surface area (TPSA) is 35.5 Å². The molecule has 0 spiro atoms. The lowest BCUT2D eigenvalue weighted by atomic mass is 10.1. The smallest absolute Gasteiger partial charge is 0.261 e. The van der Waals surface area contributed by atoms with E-state index < -0.39 is 8.32 Å². The number of ketones is 1. The fraction of sp³-hybridized carbons (Fsp3) is 0.250. The van der Waals surface area contributed by atoms with Gasteiger partial charge in [-0.05, 0) is 15.4 Å². The van der Waals surface area contributed by atoms with E-state index in [0.717, 1.165) is 5.56 Å². The number of ether oxygens (including phenoxy) is 1. The summed E-state index contributed by atoms with van der Waals surface area (Å²) in [6.07, 6.45) is 1.62. The first-order chi connectivity index (χ1) is 15.4. The van der Waals surface area contributed by atoms with Crippen molar-refractivity contribution in [3.63, 3.8) is 0 Å². The number of hydrogen-bond acceptors (Lipinski definition) is 3. The lowest BCUT2D eigenvalue weighted by Crippen LogP contribution is -2.67. The maximum atomic E-state index is 12.5. The van der Waals surface area contributed by atoms with Gasteiger partial charge in [-0.15, -0.1) is 0 Å². The highest BCUT2D eigenvalue weighted by molar-refractivity contribution is 6.99. The standard InChI is InChI=1S/C28H30O3Si/c1-28(2,3)32(25-15-9-5-10-16-25,26-17-11-6-12-18-26)30-21-24-19-23(29)20-27(31-24)22-13-7-4-8-14-22/h4-18,20,24H,19,21H2,1-3H3/t24-/m0/s1. The third-order valence-corrected chi connectivity index (χ3v) is 11.0. The molecule has 1 atom stereocenters. The largest absolute Gasteiger partial charge is 0.487 e. The molecule has 3 aromatic rings. The summed E-state index contributed by atoms with van der Waals surface area (Å²) in [4.78, 5) is 12.5. The number of hydrogen-bond donors (Lipinski definition) is 0. The van der Waals surface area contributed by atoms with Gasteiger partial charge >= 0.3 is 0 Å². The van der Waals surface area contributed by atoms with Crippen LogP contribution in [0.25, 0.3) is 5.76 Å². The molecule has 0 aromatic heterocycles. The zero-order valence-corrected chi connectivity index (χ0v) is 20.0. The molecule has 0 aliphatic carbocycles.